The van der Waals surface area contributed by atoms with Gasteiger partial charge < -0.3 is 14.6 Å². The number of hydrogen-bond donors (Lipinski definition) is 1. The molecule has 2 heterocycles. The predicted octanol–water partition coefficient (Wildman–Crippen LogP) is 5.46. The molecule has 9 heteroatoms. The van der Waals surface area contributed by atoms with Crippen molar-refractivity contribution >= 4 is 56.6 Å². The standard InChI is InChI=1S/C23H18BrCl2N3O3/c24-15-4-2-14(3-5-15)21(30)19-20(17-7-6-16(25)12-18(17)26)29(23(32)22(19)31)10-1-9-28-11-8-27-13-28/h2-8,11-13,20,30H,1,9-10H2/b21-19+/t20-/m0/s1. The van der Waals surface area contributed by atoms with E-state index in [0.29, 0.717) is 40.7 Å². The van der Waals surface area contributed by atoms with Crippen LogP contribution >= 0.6 is 39.1 Å². The molecule has 1 aliphatic heterocycles. The summed E-state index contributed by atoms with van der Waals surface area (Å²) in [5.41, 5.74) is 0.959. The van der Waals surface area contributed by atoms with Crippen LogP contribution < -0.4 is 0 Å². The molecule has 1 saturated heterocycles. The largest absolute Gasteiger partial charge is 0.507 e. The van der Waals surface area contributed by atoms with E-state index in [-0.39, 0.29) is 11.3 Å². The van der Waals surface area contributed by atoms with Crippen LogP contribution in [0.5, 0.6) is 0 Å². The Balaban J connectivity index is 1.76. The highest BCUT2D eigenvalue weighted by Crippen LogP contribution is 2.42. The van der Waals surface area contributed by atoms with Gasteiger partial charge in [-0.1, -0.05) is 57.3 Å². The molecular weight excluding hydrogens is 517 g/mol. The average molecular weight is 535 g/mol. The molecule has 2 aromatic carbocycles. The number of Topliss-reactive ketones (excluding diaryl/α,β-unsaturated/α-hetero) is 1. The number of hydrogen-bond acceptors (Lipinski definition) is 4. The van der Waals surface area contributed by atoms with Gasteiger partial charge in [0.15, 0.2) is 0 Å². The molecule has 0 radical (unpaired) electrons. The Morgan fingerprint density at radius 2 is 1.84 bits per heavy atom. The van der Waals surface area contributed by atoms with E-state index in [4.69, 9.17) is 23.2 Å². The van der Waals surface area contributed by atoms with Crippen LogP contribution in [-0.4, -0.2) is 37.8 Å². The Morgan fingerprint density at radius 1 is 1.09 bits per heavy atom. The number of nitrogens with zero attached hydrogens (tertiary/aromatic N) is 3. The maximum absolute atomic E-state index is 13.0. The number of aliphatic hydroxyl groups is 1. The Labute approximate surface area is 203 Å². The molecule has 6 nitrogen and oxygen atoms in total. The van der Waals surface area contributed by atoms with Crippen molar-refractivity contribution < 1.29 is 14.7 Å². The molecule has 1 aromatic heterocycles. The molecule has 0 spiro atoms. The first-order valence-electron chi connectivity index (χ1n) is 9.82. The third-order valence-corrected chi connectivity index (χ3v) is 6.38. The average Bonchev–Trinajstić information content (AvgIpc) is 3.36. The second-order valence-electron chi connectivity index (χ2n) is 7.32. The maximum atomic E-state index is 13.0. The minimum absolute atomic E-state index is 0.00387. The number of rotatable bonds is 6. The summed E-state index contributed by atoms with van der Waals surface area (Å²) in [5.74, 6) is -1.67. The Morgan fingerprint density at radius 3 is 2.50 bits per heavy atom. The highest BCUT2D eigenvalue weighted by molar-refractivity contribution is 9.10. The molecule has 1 atom stereocenters. The van der Waals surface area contributed by atoms with Crippen LogP contribution in [-0.2, 0) is 16.1 Å². The Hall–Kier alpha value is -2.61. The molecule has 1 aliphatic rings. The van der Waals surface area contributed by atoms with E-state index in [9.17, 15) is 14.7 Å². The van der Waals surface area contributed by atoms with E-state index in [1.165, 1.54) is 4.90 Å². The molecule has 1 fully saturated rings. The number of aliphatic hydroxyl groups excluding tert-OH is 1. The third-order valence-electron chi connectivity index (χ3n) is 5.29. The van der Waals surface area contributed by atoms with Crippen molar-refractivity contribution in [1.82, 2.24) is 14.5 Å². The van der Waals surface area contributed by atoms with Crippen molar-refractivity contribution in [1.29, 1.82) is 0 Å². The van der Waals surface area contributed by atoms with Crippen LogP contribution in [0.3, 0.4) is 0 Å². The number of benzene rings is 2. The van der Waals surface area contributed by atoms with E-state index in [1.54, 1.807) is 55.0 Å². The van der Waals surface area contributed by atoms with Crippen molar-refractivity contribution in [2.24, 2.45) is 0 Å². The summed E-state index contributed by atoms with van der Waals surface area (Å²) in [6.45, 7) is 0.917. The van der Waals surface area contributed by atoms with Crippen molar-refractivity contribution in [2.75, 3.05) is 6.54 Å². The van der Waals surface area contributed by atoms with Gasteiger partial charge in [-0.2, -0.15) is 0 Å². The van der Waals surface area contributed by atoms with Crippen LogP contribution in [0.4, 0.5) is 0 Å². The van der Waals surface area contributed by atoms with Gasteiger partial charge in [-0.25, -0.2) is 4.98 Å². The lowest BCUT2D eigenvalue weighted by Gasteiger charge is -2.26. The van der Waals surface area contributed by atoms with Crippen LogP contribution in [0.1, 0.15) is 23.6 Å². The van der Waals surface area contributed by atoms with Gasteiger partial charge in [-0.15, -0.1) is 0 Å². The van der Waals surface area contributed by atoms with Gasteiger partial charge in [0, 0.05) is 45.6 Å². The molecule has 164 valence electrons. The molecule has 1 N–H and O–H groups in total. The third kappa shape index (κ3) is 4.46. The minimum atomic E-state index is -0.828. The van der Waals surface area contributed by atoms with Crippen molar-refractivity contribution in [3.05, 3.63) is 92.4 Å². The number of aromatic nitrogens is 2. The summed E-state index contributed by atoms with van der Waals surface area (Å²) >= 11 is 15.9. The SMILES string of the molecule is O=C1C(=O)N(CCCn2ccnc2)[C@@H](c2ccc(Cl)cc2Cl)/C1=C(\O)c1ccc(Br)cc1. The quantitative estimate of drug-likeness (QED) is 0.259. The summed E-state index contributed by atoms with van der Waals surface area (Å²) in [5, 5.41) is 11.8. The number of amides is 1. The molecular formula is C23H18BrCl2N3O3. The summed E-state index contributed by atoms with van der Waals surface area (Å²) in [4.78, 5) is 31.5. The second-order valence-corrected chi connectivity index (χ2v) is 9.08. The van der Waals surface area contributed by atoms with E-state index in [1.807, 2.05) is 10.8 Å². The second kappa shape index (κ2) is 9.48. The molecule has 1 amide bonds. The topological polar surface area (TPSA) is 75.4 Å². The first-order valence-corrected chi connectivity index (χ1v) is 11.4. The summed E-state index contributed by atoms with van der Waals surface area (Å²) in [6.07, 6.45) is 5.78. The minimum Gasteiger partial charge on any atom is -0.507 e. The Kier molecular flexibility index (Phi) is 6.69. The van der Waals surface area contributed by atoms with Crippen molar-refractivity contribution in [2.45, 2.75) is 19.0 Å². The van der Waals surface area contributed by atoms with Gasteiger partial charge >= 0.3 is 0 Å². The van der Waals surface area contributed by atoms with Crippen LogP contribution in [0.2, 0.25) is 10.0 Å². The number of likely N-dealkylation sites (tertiary alicyclic amines) is 1. The van der Waals surface area contributed by atoms with Gasteiger partial charge in [0.05, 0.1) is 17.9 Å². The van der Waals surface area contributed by atoms with Gasteiger partial charge in [-0.05, 0) is 36.2 Å². The fourth-order valence-electron chi connectivity index (χ4n) is 3.76. The zero-order valence-electron chi connectivity index (χ0n) is 16.7. The number of imidazole rings is 1. The highest BCUT2D eigenvalue weighted by Gasteiger charge is 2.46. The lowest BCUT2D eigenvalue weighted by molar-refractivity contribution is -0.139. The van der Waals surface area contributed by atoms with Gasteiger partial charge in [0.25, 0.3) is 11.7 Å². The fourth-order valence-corrected chi connectivity index (χ4v) is 4.54. The fraction of sp³-hybridized carbons (Fsp3) is 0.174. The lowest BCUT2D eigenvalue weighted by Crippen LogP contribution is -2.31. The van der Waals surface area contributed by atoms with E-state index < -0.39 is 17.7 Å². The van der Waals surface area contributed by atoms with Crippen LogP contribution in [0.15, 0.2) is 71.2 Å². The molecule has 4 rings (SSSR count). The number of aryl methyl sites for hydroxylation is 1. The zero-order chi connectivity index (χ0) is 22.8. The van der Waals surface area contributed by atoms with E-state index in [2.05, 4.69) is 20.9 Å². The van der Waals surface area contributed by atoms with Gasteiger partial charge in [0.1, 0.15) is 5.76 Å². The molecule has 0 unspecified atom stereocenters. The first kappa shape index (κ1) is 22.6. The van der Waals surface area contributed by atoms with E-state index in [0.717, 1.165) is 4.47 Å². The van der Waals surface area contributed by atoms with Crippen LogP contribution in [0.25, 0.3) is 5.76 Å². The normalized spacial score (nSPS) is 17.8. The lowest BCUT2D eigenvalue weighted by atomic mass is 9.95. The molecule has 32 heavy (non-hydrogen) atoms. The maximum Gasteiger partial charge on any atom is 0.295 e. The summed E-state index contributed by atoms with van der Waals surface area (Å²) in [6, 6.07) is 10.9. The Bertz CT molecular complexity index is 1190. The number of carbonyl (C=O) groups is 2. The number of carbonyl (C=O) groups excluding carboxylic acids is 2. The monoisotopic (exact) mass is 533 g/mol. The summed E-state index contributed by atoms with van der Waals surface area (Å²) in [7, 11) is 0. The van der Waals surface area contributed by atoms with Gasteiger partial charge in [0.2, 0.25) is 0 Å². The molecule has 0 saturated carbocycles. The number of halogens is 3. The zero-order valence-corrected chi connectivity index (χ0v) is 19.8. The van der Waals surface area contributed by atoms with Crippen molar-refractivity contribution in [3.8, 4) is 0 Å². The van der Waals surface area contributed by atoms with Gasteiger partial charge in [-0.3, -0.25) is 9.59 Å². The molecule has 0 bridgehead atoms. The predicted molar refractivity (Wildman–Crippen MR) is 126 cm³/mol. The molecule has 3 aromatic rings. The van der Waals surface area contributed by atoms with Crippen molar-refractivity contribution in [3.63, 3.8) is 0 Å². The van der Waals surface area contributed by atoms with E-state index >= 15 is 0 Å². The molecule has 0 aliphatic carbocycles. The highest BCUT2D eigenvalue weighted by atomic mass is 79.9. The number of ketones is 1. The van der Waals surface area contributed by atoms with Crippen LogP contribution in [0, 0.1) is 0 Å². The smallest absolute Gasteiger partial charge is 0.295 e. The first-order chi connectivity index (χ1) is 15.4. The summed E-state index contributed by atoms with van der Waals surface area (Å²) < 4.78 is 2.72.